The zero-order chi connectivity index (χ0) is 14.0. The summed E-state index contributed by atoms with van der Waals surface area (Å²) in [6, 6.07) is 7.80. The Hall–Kier alpha value is -1.95. The van der Waals surface area contributed by atoms with Crippen LogP contribution in [0, 0.1) is 6.92 Å². The van der Waals surface area contributed by atoms with Crippen molar-refractivity contribution in [2.75, 3.05) is 0 Å². The highest BCUT2D eigenvalue weighted by Gasteiger charge is 2.08. The summed E-state index contributed by atoms with van der Waals surface area (Å²) < 4.78 is 1.98. The number of benzene rings is 1. The highest BCUT2D eigenvalue weighted by molar-refractivity contribution is 9.10. The fraction of sp³-hybridized carbons (Fsp3) is 0.154. The molecule has 6 heteroatoms. The second-order valence-corrected chi connectivity index (χ2v) is 4.94. The van der Waals surface area contributed by atoms with Gasteiger partial charge in [0.15, 0.2) is 0 Å². The number of halogens is 1. The zero-order valence-electron chi connectivity index (χ0n) is 10.1. The van der Waals surface area contributed by atoms with Gasteiger partial charge in [0.2, 0.25) is 0 Å². The Morgan fingerprint density at radius 1 is 1.37 bits per heavy atom. The van der Waals surface area contributed by atoms with Gasteiger partial charge in [0.1, 0.15) is 0 Å². The maximum absolute atomic E-state index is 11.7. The molecular formula is C13H11BrN2O3. The maximum Gasteiger partial charge on any atom is 0.335 e. The molecule has 0 aliphatic heterocycles. The molecule has 0 fully saturated rings. The summed E-state index contributed by atoms with van der Waals surface area (Å²) in [4.78, 5) is 22.5. The SMILES string of the molecule is Cc1ccc(=O)n(Cc2ccc(C(=O)O)cc2Br)n1. The lowest BCUT2D eigenvalue weighted by molar-refractivity contribution is 0.0697. The predicted molar refractivity (Wildman–Crippen MR) is 73.4 cm³/mol. The smallest absolute Gasteiger partial charge is 0.335 e. The molecule has 0 saturated carbocycles. The molecule has 0 atom stereocenters. The van der Waals surface area contributed by atoms with Gasteiger partial charge in [0, 0.05) is 10.5 Å². The van der Waals surface area contributed by atoms with E-state index in [0.29, 0.717) is 11.0 Å². The lowest BCUT2D eigenvalue weighted by atomic mass is 10.1. The van der Waals surface area contributed by atoms with Crippen molar-refractivity contribution in [2.45, 2.75) is 13.5 Å². The van der Waals surface area contributed by atoms with Crippen LogP contribution in [0.3, 0.4) is 0 Å². The monoisotopic (exact) mass is 322 g/mol. The molecule has 1 aromatic heterocycles. The summed E-state index contributed by atoms with van der Waals surface area (Å²) >= 11 is 3.31. The fourth-order valence-electron chi connectivity index (χ4n) is 1.63. The highest BCUT2D eigenvalue weighted by atomic mass is 79.9. The number of carboxylic acids is 1. The summed E-state index contributed by atoms with van der Waals surface area (Å²) in [5.74, 6) is -0.988. The molecule has 1 N–H and O–H groups in total. The van der Waals surface area contributed by atoms with E-state index in [9.17, 15) is 9.59 Å². The molecule has 0 amide bonds. The molecule has 1 heterocycles. The minimum absolute atomic E-state index is 0.195. The third kappa shape index (κ3) is 3.08. The average molecular weight is 323 g/mol. The van der Waals surface area contributed by atoms with Gasteiger partial charge in [0.05, 0.1) is 17.8 Å². The molecule has 0 aliphatic rings. The van der Waals surface area contributed by atoms with Crippen LogP contribution in [0.25, 0.3) is 0 Å². The van der Waals surface area contributed by atoms with Gasteiger partial charge in [-0.1, -0.05) is 22.0 Å². The molecule has 5 nitrogen and oxygen atoms in total. The average Bonchev–Trinajstić information content (AvgIpc) is 2.36. The molecule has 0 aliphatic carbocycles. The molecule has 1 aromatic carbocycles. The number of nitrogens with zero attached hydrogens (tertiary/aromatic N) is 2. The van der Waals surface area contributed by atoms with Crippen LogP contribution in [-0.2, 0) is 6.54 Å². The van der Waals surface area contributed by atoms with E-state index in [1.54, 1.807) is 19.1 Å². The quantitative estimate of drug-likeness (QED) is 0.938. The van der Waals surface area contributed by atoms with Crippen LogP contribution in [0.1, 0.15) is 21.6 Å². The number of hydrogen-bond donors (Lipinski definition) is 1. The summed E-state index contributed by atoms with van der Waals surface area (Å²) in [5, 5.41) is 13.0. The first kappa shape index (κ1) is 13.5. The zero-order valence-corrected chi connectivity index (χ0v) is 11.7. The fourth-order valence-corrected chi connectivity index (χ4v) is 2.14. The molecule has 2 rings (SSSR count). The Kier molecular flexibility index (Phi) is 3.80. The first-order valence-electron chi connectivity index (χ1n) is 5.54. The van der Waals surface area contributed by atoms with Crippen molar-refractivity contribution in [2.24, 2.45) is 0 Å². The van der Waals surface area contributed by atoms with Gasteiger partial charge in [-0.3, -0.25) is 4.79 Å². The van der Waals surface area contributed by atoms with Crippen LogP contribution in [0.4, 0.5) is 0 Å². The van der Waals surface area contributed by atoms with Crippen LogP contribution in [-0.4, -0.2) is 20.9 Å². The Morgan fingerprint density at radius 3 is 2.74 bits per heavy atom. The Labute approximate surface area is 117 Å². The van der Waals surface area contributed by atoms with Crippen LogP contribution in [0.5, 0.6) is 0 Å². The number of carboxylic acid groups (broad SMARTS) is 1. The number of aryl methyl sites for hydroxylation is 1. The van der Waals surface area contributed by atoms with E-state index in [1.807, 2.05) is 0 Å². The normalized spacial score (nSPS) is 10.4. The Balaban J connectivity index is 2.36. The number of aromatic carboxylic acids is 1. The summed E-state index contributed by atoms with van der Waals surface area (Å²) in [5.41, 5.74) is 1.54. The van der Waals surface area contributed by atoms with E-state index >= 15 is 0 Å². The molecular weight excluding hydrogens is 312 g/mol. The molecule has 98 valence electrons. The Bertz CT molecular complexity index is 695. The number of carbonyl (C=O) groups is 1. The Morgan fingerprint density at radius 2 is 2.11 bits per heavy atom. The van der Waals surface area contributed by atoms with Crippen molar-refractivity contribution in [3.8, 4) is 0 Å². The van der Waals surface area contributed by atoms with Crippen molar-refractivity contribution >= 4 is 21.9 Å². The largest absolute Gasteiger partial charge is 0.478 e. The van der Waals surface area contributed by atoms with E-state index in [-0.39, 0.29) is 11.1 Å². The minimum atomic E-state index is -0.988. The van der Waals surface area contributed by atoms with E-state index in [4.69, 9.17) is 5.11 Å². The van der Waals surface area contributed by atoms with Gasteiger partial charge in [-0.2, -0.15) is 5.10 Å². The van der Waals surface area contributed by atoms with E-state index < -0.39 is 5.97 Å². The topological polar surface area (TPSA) is 72.2 Å². The predicted octanol–water partition coefficient (Wildman–Crippen LogP) is 2.06. The van der Waals surface area contributed by atoms with E-state index in [0.717, 1.165) is 11.3 Å². The van der Waals surface area contributed by atoms with Crippen LogP contribution in [0.2, 0.25) is 0 Å². The molecule has 0 bridgehead atoms. The molecule has 0 radical (unpaired) electrons. The van der Waals surface area contributed by atoms with Crippen LogP contribution >= 0.6 is 15.9 Å². The van der Waals surface area contributed by atoms with Crippen molar-refractivity contribution in [1.82, 2.24) is 9.78 Å². The molecule has 0 saturated heterocycles. The van der Waals surface area contributed by atoms with Gasteiger partial charge in [-0.05, 0) is 30.7 Å². The minimum Gasteiger partial charge on any atom is -0.478 e. The van der Waals surface area contributed by atoms with Crippen molar-refractivity contribution in [3.63, 3.8) is 0 Å². The van der Waals surface area contributed by atoms with Gasteiger partial charge in [0.25, 0.3) is 5.56 Å². The number of aromatic nitrogens is 2. The second-order valence-electron chi connectivity index (χ2n) is 4.08. The summed E-state index contributed by atoms with van der Waals surface area (Å²) in [7, 11) is 0. The molecule has 19 heavy (non-hydrogen) atoms. The van der Waals surface area contributed by atoms with Crippen molar-refractivity contribution in [3.05, 3.63) is 62.0 Å². The van der Waals surface area contributed by atoms with Crippen LogP contribution < -0.4 is 5.56 Å². The number of hydrogen-bond acceptors (Lipinski definition) is 3. The standard InChI is InChI=1S/C13H11BrN2O3/c1-8-2-5-12(17)16(15-8)7-10-4-3-9(13(18)19)6-11(10)14/h2-6H,7H2,1H3,(H,18,19). The van der Waals surface area contributed by atoms with Gasteiger partial charge < -0.3 is 5.11 Å². The van der Waals surface area contributed by atoms with Crippen molar-refractivity contribution < 1.29 is 9.90 Å². The highest BCUT2D eigenvalue weighted by Crippen LogP contribution is 2.19. The number of rotatable bonds is 3. The van der Waals surface area contributed by atoms with E-state index in [2.05, 4.69) is 21.0 Å². The molecule has 0 spiro atoms. The van der Waals surface area contributed by atoms with Crippen molar-refractivity contribution in [1.29, 1.82) is 0 Å². The summed E-state index contributed by atoms with van der Waals surface area (Å²) in [6.07, 6.45) is 0. The molecule has 2 aromatic rings. The lowest BCUT2D eigenvalue weighted by Crippen LogP contribution is -2.23. The van der Waals surface area contributed by atoms with Gasteiger partial charge in [-0.25, -0.2) is 9.48 Å². The third-order valence-electron chi connectivity index (χ3n) is 2.62. The van der Waals surface area contributed by atoms with E-state index in [1.165, 1.54) is 22.9 Å². The first-order chi connectivity index (χ1) is 8.97. The molecule has 0 unspecified atom stereocenters. The second kappa shape index (κ2) is 5.36. The lowest BCUT2D eigenvalue weighted by Gasteiger charge is -2.08. The van der Waals surface area contributed by atoms with Gasteiger partial charge in [-0.15, -0.1) is 0 Å². The summed E-state index contributed by atoms with van der Waals surface area (Å²) in [6.45, 7) is 2.10. The third-order valence-corrected chi connectivity index (χ3v) is 3.36. The maximum atomic E-state index is 11.7. The van der Waals surface area contributed by atoms with Crippen LogP contribution in [0.15, 0.2) is 39.6 Å². The van der Waals surface area contributed by atoms with Gasteiger partial charge >= 0.3 is 5.97 Å². The first-order valence-corrected chi connectivity index (χ1v) is 6.33.